The Balaban J connectivity index is 2.53. The van der Waals surface area contributed by atoms with Crippen LogP contribution in [0.15, 0.2) is 30.5 Å². The lowest BCUT2D eigenvalue weighted by Crippen LogP contribution is -2.15. The van der Waals surface area contributed by atoms with Crippen LogP contribution in [0.1, 0.15) is 18.1 Å². The Kier molecular flexibility index (Phi) is 1.65. The molecule has 12 heavy (non-hydrogen) atoms. The first kappa shape index (κ1) is 7.41. The van der Waals surface area contributed by atoms with E-state index in [0.29, 0.717) is 0 Å². The Morgan fingerprint density at radius 2 is 2.00 bits per heavy atom. The minimum Gasteiger partial charge on any atom is -0.376 e. The van der Waals surface area contributed by atoms with Crippen molar-refractivity contribution in [2.45, 2.75) is 13.5 Å². The second-order valence-corrected chi connectivity index (χ2v) is 3.38. The summed E-state index contributed by atoms with van der Waals surface area (Å²) in [6, 6.07) is 8.59. The molecule has 1 aromatic carbocycles. The molecule has 0 amide bonds. The molecule has 1 nitrogen and oxygen atoms in total. The highest BCUT2D eigenvalue weighted by Gasteiger charge is 2.10. The summed E-state index contributed by atoms with van der Waals surface area (Å²) in [7, 11) is 2.11. The smallest absolute Gasteiger partial charge is 0.0426 e. The van der Waals surface area contributed by atoms with Gasteiger partial charge in [0.1, 0.15) is 0 Å². The van der Waals surface area contributed by atoms with Crippen LogP contribution >= 0.6 is 0 Å². The fourth-order valence-corrected chi connectivity index (χ4v) is 1.76. The molecule has 1 heteroatoms. The Bertz CT molecular complexity index is 326. The van der Waals surface area contributed by atoms with E-state index in [2.05, 4.69) is 49.3 Å². The number of allylic oxidation sites excluding steroid dienone is 1. The molecule has 0 bridgehead atoms. The third kappa shape index (κ3) is 1.11. The van der Waals surface area contributed by atoms with Crippen molar-refractivity contribution < 1.29 is 0 Å². The van der Waals surface area contributed by atoms with E-state index in [0.717, 1.165) is 6.54 Å². The first-order valence-electron chi connectivity index (χ1n) is 4.24. The molecule has 0 radical (unpaired) electrons. The van der Waals surface area contributed by atoms with Gasteiger partial charge < -0.3 is 4.90 Å². The van der Waals surface area contributed by atoms with Gasteiger partial charge in [0.05, 0.1) is 0 Å². The Labute approximate surface area is 73.3 Å². The fourth-order valence-electron chi connectivity index (χ4n) is 1.76. The van der Waals surface area contributed by atoms with Gasteiger partial charge in [-0.3, -0.25) is 0 Å². The van der Waals surface area contributed by atoms with E-state index in [1.54, 1.807) is 0 Å². The quantitative estimate of drug-likeness (QED) is 0.562. The van der Waals surface area contributed by atoms with E-state index in [1.165, 1.54) is 16.7 Å². The maximum atomic E-state index is 2.22. The third-order valence-electron chi connectivity index (χ3n) is 2.28. The average molecular weight is 159 g/mol. The van der Waals surface area contributed by atoms with Crippen LogP contribution in [0.2, 0.25) is 0 Å². The van der Waals surface area contributed by atoms with E-state index >= 15 is 0 Å². The summed E-state index contributed by atoms with van der Waals surface area (Å²) in [6.45, 7) is 3.20. The normalized spacial score (nSPS) is 15.5. The van der Waals surface area contributed by atoms with Gasteiger partial charge in [-0.25, -0.2) is 0 Å². The molecule has 0 aliphatic carbocycles. The van der Waals surface area contributed by atoms with Crippen LogP contribution in [0.5, 0.6) is 0 Å². The molecule has 2 rings (SSSR count). The lowest BCUT2D eigenvalue weighted by Gasteiger charge is -2.23. The Morgan fingerprint density at radius 3 is 2.83 bits per heavy atom. The monoisotopic (exact) mass is 159 g/mol. The highest BCUT2D eigenvalue weighted by Crippen LogP contribution is 2.24. The van der Waals surface area contributed by atoms with Crippen LogP contribution in [0.25, 0.3) is 5.57 Å². The molecule has 0 saturated carbocycles. The minimum absolute atomic E-state index is 1.04. The van der Waals surface area contributed by atoms with E-state index in [4.69, 9.17) is 0 Å². The van der Waals surface area contributed by atoms with Gasteiger partial charge >= 0.3 is 0 Å². The average Bonchev–Trinajstić information content (AvgIpc) is 2.04. The zero-order valence-electron chi connectivity index (χ0n) is 7.54. The summed E-state index contributed by atoms with van der Waals surface area (Å²) in [5, 5.41) is 0. The molecular weight excluding hydrogens is 146 g/mol. The van der Waals surface area contributed by atoms with Crippen molar-refractivity contribution in [1.29, 1.82) is 0 Å². The van der Waals surface area contributed by atoms with Gasteiger partial charge in [0.15, 0.2) is 0 Å². The van der Waals surface area contributed by atoms with E-state index < -0.39 is 0 Å². The Morgan fingerprint density at radius 1 is 1.25 bits per heavy atom. The van der Waals surface area contributed by atoms with Crippen LogP contribution in [0.4, 0.5) is 0 Å². The largest absolute Gasteiger partial charge is 0.376 e. The van der Waals surface area contributed by atoms with Crippen molar-refractivity contribution in [3.8, 4) is 0 Å². The summed E-state index contributed by atoms with van der Waals surface area (Å²) >= 11 is 0. The molecule has 0 N–H and O–H groups in total. The van der Waals surface area contributed by atoms with Gasteiger partial charge in [0, 0.05) is 19.8 Å². The number of nitrogens with zero attached hydrogens (tertiary/aromatic N) is 1. The van der Waals surface area contributed by atoms with E-state index in [1.807, 2.05) is 0 Å². The van der Waals surface area contributed by atoms with Gasteiger partial charge in [0.2, 0.25) is 0 Å². The highest BCUT2D eigenvalue weighted by atomic mass is 15.1. The maximum absolute atomic E-state index is 2.22. The number of rotatable bonds is 0. The molecule has 0 saturated heterocycles. The summed E-state index contributed by atoms with van der Waals surface area (Å²) in [5.41, 5.74) is 4.19. The van der Waals surface area contributed by atoms with Crippen LogP contribution in [0, 0.1) is 0 Å². The summed E-state index contributed by atoms with van der Waals surface area (Å²) in [4.78, 5) is 2.22. The molecule has 0 unspecified atom stereocenters. The van der Waals surface area contributed by atoms with Gasteiger partial charge in [-0.1, -0.05) is 24.3 Å². The molecule has 0 fully saturated rings. The van der Waals surface area contributed by atoms with Crippen molar-refractivity contribution in [3.63, 3.8) is 0 Å². The number of fused-ring (bicyclic) bond motifs is 1. The summed E-state index contributed by atoms with van der Waals surface area (Å²) in [6.07, 6.45) is 2.20. The van der Waals surface area contributed by atoms with Crippen LogP contribution < -0.4 is 0 Å². The lowest BCUT2D eigenvalue weighted by molar-refractivity contribution is 0.445. The zero-order valence-corrected chi connectivity index (χ0v) is 7.54. The van der Waals surface area contributed by atoms with Gasteiger partial charge in [-0.2, -0.15) is 0 Å². The number of hydrogen-bond acceptors (Lipinski definition) is 1. The molecule has 1 aliphatic rings. The van der Waals surface area contributed by atoms with Crippen LogP contribution in [-0.2, 0) is 6.54 Å². The predicted molar refractivity (Wildman–Crippen MR) is 51.6 cm³/mol. The molecule has 1 aliphatic heterocycles. The van der Waals surface area contributed by atoms with Crippen LogP contribution in [0.3, 0.4) is 0 Å². The van der Waals surface area contributed by atoms with Gasteiger partial charge in [-0.15, -0.1) is 0 Å². The standard InChI is InChI=1S/C11H13N/c1-9-7-12(2)8-10-5-3-4-6-11(9)10/h3-7H,8H2,1-2H3. The maximum Gasteiger partial charge on any atom is 0.0426 e. The molecule has 0 aromatic heterocycles. The van der Waals surface area contributed by atoms with E-state index in [-0.39, 0.29) is 0 Å². The molecule has 0 spiro atoms. The second kappa shape index (κ2) is 2.67. The fraction of sp³-hybridized carbons (Fsp3) is 0.273. The van der Waals surface area contributed by atoms with Crippen molar-refractivity contribution >= 4 is 5.57 Å². The van der Waals surface area contributed by atoms with Crippen molar-refractivity contribution in [1.82, 2.24) is 4.90 Å². The summed E-state index contributed by atoms with van der Waals surface area (Å²) in [5.74, 6) is 0. The topological polar surface area (TPSA) is 3.24 Å². The highest BCUT2D eigenvalue weighted by molar-refractivity contribution is 5.67. The number of benzene rings is 1. The van der Waals surface area contributed by atoms with Gasteiger partial charge in [-0.05, 0) is 23.6 Å². The van der Waals surface area contributed by atoms with Crippen molar-refractivity contribution in [2.24, 2.45) is 0 Å². The van der Waals surface area contributed by atoms with E-state index in [9.17, 15) is 0 Å². The van der Waals surface area contributed by atoms with Crippen molar-refractivity contribution in [3.05, 3.63) is 41.6 Å². The second-order valence-electron chi connectivity index (χ2n) is 3.38. The minimum atomic E-state index is 1.04. The molecule has 0 atom stereocenters. The first-order chi connectivity index (χ1) is 5.77. The van der Waals surface area contributed by atoms with Crippen LogP contribution in [-0.4, -0.2) is 11.9 Å². The first-order valence-corrected chi connectivity index (χ1v) is 4.24. The third-order valence-corrected chi connectivity index (χ3v) is 2.28. The molecular formula is C11H13N. The zero-order chi connectivity index (χ0) is 8.55. The summed E-state index contributed by atoms with van der Waals surface area (Å²) < 4.78 is 0. The SMILES string of the molecule is CC1=CN(C)Cc2ccccc21. The predicted octanol–water partition coefficient (Wildman–Crippen LogP) is 2.49. The molecule has 1 aromatic rings. The van der Waals surface area contributed by atoms with Gasteiger partial charge in [0.25, 0.3) is 0 Å². The molecule has 62 valence electrons. The Hall–Kier alpha value is -1.24. The van der Waals surface area contributed by atoms with Crippen molar-refractivity contribution in [2.75, 3.05) is 7.05 Å². The number of hydrogen-bond donors (Lipinski definition) is 0. The molecule has 1 heterocycles. The lowest BCUT2D eigenvalue weighted by atomic mass is 9.98.